The number of para-hydroxylation sites is 1. The highest BCUT2D eigenvalue weighted by molar-refractivity contribution is 6.03. The summed E-state index contributed by atoms with van der Waals surface area (Å²) in [7, 11) is 0. The molecule has 1 N–H and O–H groups in total. The number of hydrogen-bond acceptors (Lipinski definition) is 4. The number of carbonyl (C=O) groups excluding carboxylic acids is 2. The van der Waals surface area contributed by atoms with Crippen molar-refractivity contribution in [1.29, 1.82) is 0 Å². The van der Waals surface area contributed by atoms with Crippen LogP contribution in [0.1, 0.15) is 59.2 Å². The van der Waals surface area contributed by atoms with Gasteiger partial charge in [0.2, 0.25) is 0 Å². The van der Waals surface area contributed by atoms with Gasteiger partial charge in [-0.2, -0.15) is 0 Å². The summed E-state index contributed by atoms with van der Waals surface area (Å²) in [6.07, 6.45) is 1.60. The molecule has 3 rings (SSSR count). The van der Waals surface area contributed by atoms with E-state index in [-0.39, 0.29) is 30.5 Å². The first-order valence-electron chi connectivity index (χ1n) is 11.5. The van der Waals surface area contributed by atoms with Crippen LogP contribution in [-0.2, 0) is 14.3 Å². The van der Waals surface area contributed by atoms with Gasteiger partial charge in [0.05, 0.1) is 18.2 Å². The molecule has 0 spiro atoms. The molecular weight excluding hydrogens is 433 g/mol. The van der Waals surface area contributed by atoms with Crippen LogP contribution in [0.5, 0.6) is 0 Å². The second kappa shape index (κ2) is 10.3. The molecule has 34 heavy (non-hydrogen) atoms. The lowest BCUT2D eigenvalue weighted by molar-refractivity contribution is -0.157. The van der Waals surface area contributed by atoms with Crippen LogP contribution >= 0.6 is 0 Å². The number of carbonyl (C=O) groups is 2. The highest BCUT2D eigenvalue weighted by Gasteiger charge is 2.21. The number of benzene rings is 2. The molecule has 180 valence electrons. The number of nitrogens with zero attached hydrogens (tertiary/aromatic N) is 1. The Bertz CT molecular complexity index is 1200. The fourth-order valence-corrected chi connectivity index (χ4v) is 4.04. The molecule has 0 saturated carbocycles. The summed E-state index contributed by atoms with van der Waals surface area (Å²) in [5.41, 5.74) is 2.92. The van der Waals surface area contributed by atoms with Crippen LogP contribution in [-0.4, -0.2) is 33.1 Å². The summed E-state index contributed by atoms with van der Waals surface area (Å²) in [6, 6.07) is 14.3. The normalized spacial score (nSPS) is 13.1. The highest BCUT2D eigenvalue weighted by atomic mass is 19.1. The lowest BCUT2D eigenvalue weighted by atomic mass is 10.0. The van der Waals surface area contributed by atoms with E-state index in [0.29, 0.717) is 0 Å². The third kappa shape index (κ3) is 6.20. The molecule has 3 aromatic rings. The summed E-state index contributed by atoms with van der Waals surface area (Å²) < 4.78 is 20.9. The van der Waals surface area contributed by atoms with Gasteiger partial charge in [-0.25, -0.2) is 4.39 Å². The number of halogens is 1. The van der Waals surface area contributed by atoms with Crippen LogP contribution in [0.2, 0.25) is 0 Å². The van der Waals surface area contributed by atoms with E-state index in [1.165, 1.54) is 18.2 Å². The molecule has 0 bridgehead atoms. The zero-order valence-corrected chi connectivity index (χ0v) is 20.3. The zero-order valence-electron chi connectivity index (χ0n) is 20.3. The van der Waals surface area contributed by atoms with Gasteiger partial charge in [-0.3, -0.25) is 9.59 Å². The quantitative estimate of drug-likeness (QED) is 0.323. The summed E-state index contributed by atoms with van der Waals surface area (Å²) in [5.74, 6) is -1.17. The Morgan fingerprint density at radius 3 is 2.32 bits per heavy atom. The van der Waals surface area contributed by atoms with Gasteiger partial charge in [0.1, 0.15) is 11.4 Å². The number of allylic oxidation sites excluding steroid dienone is 1. The van der Waals surface area contributed by atoms with Gasteiger partial charge < -0.3 is 14.4 Å². The molecule has 1 aromatic heterocycles. The van der Waals surface area contributed by atoms with Crippen molar-refractivity contribution in [2.75, 3.05) is 0 Å². The third-order valence-corrected chi connectivity index (χ3v) is 5.28. The third-order valence-electron chi connectivity index (χ3n) is 5.28. The van der Waals surface area contributed by atoms with Gasteiger partial charge in [-0.1, -0.05) is 30.3 Å². The molecule has 1 atom stereocenters. The van der Waals surface area contributed by atoms with Gasteiger partial charge in [0.25, 0.3) is 0 Å². The Kier molecular flexibility index (Phi) is 7.72. The Morgan fingerprint density at radius 2 is 1.71 bits per heavy atom. The van der Waals surface area contributed by atoms with Gasteiger partial charge in [0.15, 0.2) is 5.78 Å². The predicted octanol–water partition coefficient (Wildman–Crippen LogP) is 6.09. The SMILES string of the molecule is CC(C)n1c(C=CC(=O)CC(O)CC(=O)OC(C)(C)C)c(-c2ccc(F)cc2)c2ccccc21. The van der Waals surface area contributed by atoms with Crippen molar-refractivity contribution in [3.8, 4) is 11.1 Å². The van der Waals surface area contributed by atoms with E-state index >= 15 is 0 Å². The number of esters is 1. The molecule has 0 radical (unpaired) electrons. The van der Waals surface area contributed by atoms with E-state index in [9.17, 15) is 19.1 Å². The zero-order chi connectivity index (χ0) is 25.0. The lowest BCUT2D eigenvalue weighted by Crippen LogP contribution is -2.27. The van der Waals surface area contributed by atoms with Gasteiger partial charge in [-0.15, -0.1) is 0 Å². The monoisotopic (exact) mass is 465 g/mol. The lowest BCUT2D eigenvalue weighted by Gasteiger charge is -2.20. The maximum Gasteiger partial charge on any atom is 0.308 e. The number of fused-ring (bicyclic) bond motifs is 1. The van der Waals surface area contributed by atoms with Crippen molar-refractivity contribution in [1.82, 2.24) is 4.57 Å². The van der Waals surface area contributed by atoms with Crippen LogP contribution in [0.4, 0.5) is 4.39 Å². The van der Waals surface area contributed by atoms with E-state index < -0.39 is 17.7 Å². The highest BCUT2D eigenvalue weighted by Crippen LogP contribution is 2.37. The van der Waals surface area contributed by atoms with E-state index in [1.54, 1.807) is 39.0 Å². The Balaban J connectivity index is 1.92. The van der Waals surface area contributed by atoms with Crippen LogP contribution in [0.15, 0.2) is 54.6 Å². The van der Waals surface area contributed by atoms with Crippen LogP contribution in [0.3, 0.4) is 0 Å². The molecule has 0 fully saturated rings. The van der Waals surface area contributed by atoms with Crippen LogP contribution in [0.25, 0.3) is 28.1 Å². The van der Waals surface area contributed by atoms with Crippen LogP contribution in [0, 0.1) is 5.82 Å². The van der Waals surface area contributed by atoms with Crippen LogP contribution < -0.4 is 0 Å². The van der Waals surface area contributed by atoms with Crippen molar-refractivity contribution in [3.63, 3.8) is 0 Å². The standard InChI is InChI=1S/C28H32FNO4/c1-18(2)30-24-9-7-6-8-23(24)27(19-10-12-20(29)13-11-19)25(30)15-14-21(31)16-22(32)17-26(33)34-28(3,4)5/h6-15,18,22,32H,16-17H2,1-5H3. The Morgan fingerprint density at radius 1 is 1.06 bits per heavy atom. The molecule has 6 heteroatoms. The number of ether oxygens (including phenoxy) is 1. The van der Waals surface area contributed by atoms with Gasteiger partial charge >= 0.3 is 5.97 Å². The number of ketones is 1. The fraction of sp³-hybridized carbons (Fsp3) is 0.357. The largest absolute Gasteiger partial charge is 0.460 e. The maximum absolute atomic E-state index is 13.6. The van der Waals surface area contributed by atoms with Crippen molar-refractivity contribution >= 4 is 28.7 Å². The topological polar surface area (TPSA) is 68.5 Å². The average Bonchev–Trinajstić information content (AvgIpc) is 3.05. The molecule has 1 unspecified atom stereocenters. The Hall–Kier alpha value is -3.25. The summed E-state index contributed by atoms with van der Waals surface area (Å²) in [5, 5.41) is 11.2. The molecule has 5 nitrogen and oxygen atoms in total. The fourth-order valence-electron chi connectivity index (χ4n) is 4.04. The second-order valence-corrected chi connectivity index (χ2v) is 9.70. The second-order valence-electron chi connectivity index (χ2n) is 9.70. The smallest absolute Gasteiger partial charge is 0.308 e. The minimum absolute atomic E-state index is 0.103. The number of aromatic nitrogens is 1. The van der Waals surface area contributed by atoms with Crippen molar-refractivity contribution < 1.29 is 23.8 Å². The Labute approximate surface area is 199 Å². The molecule has 0 saturated heterocycles. The average molecular weight is 466 g/mol. The minimum Gasteiger partial charge on any atom is -0.460 e. The molecule has 2 aromatic carbocycles. The van der Waals surface area contributed by atoms with Crippen molar-refractivity contribution in [3.05, 3.63) is 66.1 Å². The van der Waals surface area contributed by atoms with Gasteiger partial charge in [-0.05, 0) is 70.5 Å². The summed E-state index contributed by atoms with van der Waals surface area (Å²) in [4.78, 5) is 24.6. The maximum atomic E-state index is 13.6. The molecular formula is C28H32FNO4. The molecule has 0 amide bonds. The van der Waals surface area contributed by atoms with E-state index in [1.807, 2.05) is 24.3 Å². The molecule has 0 aliphatic carbocycles. The van der Waals surface area contributed by atoms with E-state index in [2.05, 4.69) is 18.4 Å². The molecule has 0 aliphatic heterocycles. The minimum atomic E-state index is -1.13. The first-order chi connectivity index (χ1) is 16.0. The van der Waals surface area contributed by atoms with Crippen molar-refractivity contribution in [2.24, 2.45) is 0 Å². The number of hydrogen-bond donors (Lipinski definition) is 1. The number of aliphatic hydroxyl groups is 1. The van der Waals surface area contributed by atoms with E-state index in [4.69, 9.17) is 4.74 Å². The first-order valence-corrected chi connectivity index (χ1v) is 11.5. The molecule has 0 aliphatic rings. The van der Waals surface area contributed by atoms with E-state index in [0.717, 1.165) is 27.7 Å². The number of rotatable bonds is 8. The van der Waals surface area contributed by atoms with Gasteiger partial charge in [0, 0.05) is 28.9 Å². The number of aliphatic hydroxyl groups excluding tert-OH is 1. The first kappa shape index (κ1) is 25.4. The molecule has 1 heterocycles. The summed E-state index contributed by atoms with van der Waals surface area (Å²) in [6.45, 7) is 9.36. The van der Waals surface area contributed by atoms with Crippen molar-refractivity contribution in [2.45, 2.75) is 65.2 Å². The predicted molar refractivity (Wildman–Crippen MR) is 133 cm³/mol. The summed E-state index contributed by atoms with van der Waals surface area (Å²) >= 11 is 0.